The molecule has 0 aromatic rings. The zero-order valence-corrected chi connectivity index (χ0v) is 10.6. The minimum absolute atomic E-state index is 0.463. The van der Waals surface area contributed by atoms with Crippen molar-refractivity contribution in [2.45, 2.75) is 51.5 Å². The highest BCUT2D eigenvalue weighted by molar-refractivity contribution is 5.04. The van der Waals surface area contributed by atoms with Gasteiger partial charge in [-0.2, -0.15) is 0 Å². The van der Waals surface area contributed by atoms with Gasteiger partial charge in [0.25, 0.3) is 0 Å². The third-order valence-corrected chi connectivity index (χ3v) is 5.09. The van der Waals surface area contributed by atoms with Crippen LogP contribution in [0.3, 0.4) is 0 Å². The first kappa shape index (κ1) is 11.4. The van der Waals surface area contributed by atoms with Gasteiger partial charge in [-0.3, -0.25) is 0 Å². The van der Waals surface area contributed by atoms with Crippen molar-refractivity contribution in [3.63, 3.8) is 0 Å². The summed E-state index contributed by atoms with van der Waals surface area (Å²) in [4.78, 5) is 2.60. The van der Waals surface area contributed by atoms with E-state index in [1.807, 2.05) is 0 Å². The number of rotatable bonds is 1. The van der Waals surface area contributed by atoms with E-state index < -0.39 is 0 Å². The second kappa shape index (κ2) is 3.74. The number of likely N-dealkylation sites (tertiary alicyclic amines) is 1. The molecular weight excluding hydrogens is 184 g/mol. The van der Waals surface area contributed by atoms with Crippen molar-refractivity contribution in [2.75, 3.05) is 20.1 Å². The molecule has 1 heterocycles. The molecule has 0 aromatic carbocycles. The van der Waals surface area contributed by atoms with E-state index >= 15 is 0 Å². The van der Waals surface area contributed by atoms with Crippen molar-refractivity contribution in [2.24, 2.45) is 17.1 Å². The maximum atomic E-state index is 5.94. The molecule has 88 valence electrons. The van der Waals surface area contributed by atoms with Gasteiger partial charge in [0.2, 0.25) is 0 Å². The summed E-state index contributed by atoms with van der Waals surface area (Å²) in [5.41, 5.74) is 6.97. The van der Waals surface area contributed by atoms with Crippen LogP contribution in [0, 0.1) is 11.3 Å². The fraction of sp³-hybridized carbons (Fsp3) is 1.00. The first-order valence-corrected chi connectivity index (χ1v) is 6.41. The maximum Gasteiger partial charge on any atom is 0.0247 e. The molecule has 2 rings (SSSR count). The highest BCUT2D eigenvalue weighted by atomic mass is 15.2. The Morgan fingerprint density at radius 2 is 1.80 bits per heavy atom. The summed E-state index contributed by atoms with van der Waals surface area (Å²) in [5, 5.41) is 0. The number of nitrogens with zero attached hydrogens (tertiary/aromatic N) is 1. The Morgan fingerprint density at radius 1 is 1.20 bits per heavy atom. The zero-order chi connectivity index (χ0) is 11.1. The van der Waals surface area contributed by atoms with Gasteiger partial charge in [-0.25, -0.2) is 0 Å². The van der Waals surface area contributed by atoms with Crippen molar-refractivity contribution in [3.8, 4) is 0 Å². The average molecular weight is 210 g/mol. The van der Waals surface area contributed by atoms with E-state index in [1.54, 1.807) is 0 Å². The minimum atomic E-state index is 0.463. The molecule has 1 atom stereocenters. The van der Waals surface area contributed by atoms with Crippen LogP contribution in [0.25, 0.3) is 0 Å². The molecule has 2 nitrogen and oxygen atoms in total. The molecule has 1 aliphatic carbocycles. The maximum absolute atomic E-state index is 5.94. The minimum Gasteiger partial charge on any atom is -0.330 e. The molecule has 1 unspecified atom stereocenters. The van der Waals surface area contributed by atoms with Gasteiger partial charge in [0.05, 0.1) is 0 Å². The summed E-state index contributed by atoms with van der Waals surface area (Å²) in [6.45, 7) is 6.95. The summed E-state index contributed by atoms with van der Waals surface area (Å²) in [6, 6.07) is 0. The Hall–Kier alpha value is -0.0800. The summed E-state index contributed by atoms with van der Waals surface area (Å²) < 4.78 is 0. The lowest BCUT2D eigenvalue weighted by atomic mass is 9.65. The van der Waals surface area contributed by atoms with E-state index in [4.69, 9.17) is 5.73 Å². The van der Waals surface area contributed by atoms with Crippen LogP contribution in [0.5, 0.6) is 0 Å². The molecule has 2 heteroatoms. The molecule has 0 aromatic heterocycles. The van der Waals surface area contributed by atoms with Crippen molar-refractivity contribution in [3.05, 3.63) is 0 Å². The highest BCUT2D eigenvalue weighted by Gasteiger charge is 2.48. The van der Waals surface area contributed by atoms with E-state index in [9.17, 15) is 0 Å². The quantitative estimate of drug-likeness (QED) is 0.719. The summed E-state index contributed by atoms with van der Waals surface area (Å²) in [7, 11) is 2.30. The molecular formula is C13H26N2. The Bertz CT molecular complexity index is 225. The first-order valence-electron chi connectivity index (χ1n) is 6.41. The largest absolute Gasteiger partial charge is 0.330 e. The molecule has 15 heavy (non-hydrogen) atoms. The third-order valence-electron chi connectivity index (χ3n) is 5.09. The summed E-state index contributed by atoms with van der Waals surface area (Å²) >= 11 is 0. The fourth-order valence-corrected chi connectivity index (χ4v) is 3.64. The van der Waals surface area contributed by atoms with Crippen LogP contribution in [0.1, 0.15) is 46.0 Å². The second-order valence-corrected chi connectivity index (χ2v) is 6.41. The molecule has 2 N–H and O–H groups in total. The Morgan fingerprint density at radius 3 is 2.33 bits per heavy atom. The van der Waals surface area contributed by atoms with Gasteiger partial charge < -0.3 is 10.6 Å². The van der Waals surface area contributed by atoms with Crippen LogP contribution in [0.2, 0.25) is 0 Å². The van der Waals surface area contributed by atoms with Crippen LogP contribution in [-0.4, -0.2) is 30.6 Å². The number of hydrogen-bond acceptors (Lipinski definition) is 2. The van der Waals surface area contributed by atoms with Crippen LogP contribution >= 0.6 is 0 Å². The monoisotopic (exact) mass is 210 g/mol. The van der Waals surface area contributed by atoms with Gasteiger partial charge in [-0.05, 0) is 63.6 Å². The van der Waals surface area contributed by atoms with Crippen molar-refractivity contribution in [1.29, 1.82) is 0 Å². The molecule has 0 amide bonds. The van der Waals surface area contributed by atoms with Gasteiger partial charge >= 0.3 is 0 Å². The van der Waals surface area contributed by atoms with Gasteiger partial charge in [0, 0.05) is 5.54 Å². The lowest BCUT2D eigenvalue weighted by Gasteiger charge is -2.48. The van der Waals surface area contributed by atoms with Gasteiger partial charge in [0.1, 0.15) is 0 Å². The fourth-order valence-electron chi connectivity index (χ4n) is 3.64. The first-order chi connectivity index (χ1) is 7.00. The molecule has 1 saturated carbocycles. The topological polar surface area (TPSA) is 29.3 Å². The third kappa shape index (κ3) is 1.83. The molecule has 1 saturated heterocycles. The SMILES string of the molecule is CN1CCC(CN)C12CCC(C)(C)CC2. The van der Waals surface area contributed by atoms with Crippen LogP contribution in [-0.2, 0) is 0 Å². The predicted octanol–water partition coefficient (Wildman–Crippen LogP) is 2.24. The molecule has 1 aliphatic heterocycles. The molecule has 1 spiro atoms. The van der Waals surface area contributed by atoms with Crippen LogP contribution < -0.4 is 5.73 Å². The Kier molecular flexibility index (Phi) is 2.85. The predicted molar refractivity (Wildman–Crippen MR) is 64.8 cm³/mol. The number of nitrogens with two attached hydrogens (primary N) is 1. The molecule has 0 bridgehead atoms. The van der Waals surface area contributed by atoms with Crippen LogP contribution in [0.4, 0.5) is 0 Å². The van der Waals surface area contributed by atoms with Crippen molar-refractivity contribution < 1.29 is 0 Å². The normalized spacial score (nSPS) is 34.8. The van der Waals surface area contributed by atoms with Crippen molar-refractivity contribution >= 4 is 0 Å². The summed E-state index contributed by atoms with van der Waals surface area (Å²) in [6.07, 6.45) is 6.77. The van der Waals surface area contributed by atoms with Crippen LogP contribution in [0.15, 0.2) is 0 Å². The molecule has 2 aliphatic rings. The van der Waals surface area contributed by atoms with Gasteiger partial charge in [-0.15, -0.1) is 0 Å². The van der Waals surface area contributed by atoms with Crippen molar-refractivity contribution in [1.82, 2.24) is 4.90 Å². The lowest BCUT2D eigenvalue weighted by Crippen LogP contribution is -2.51. The van der Waals surface area contributed by atoms with E-state index in [1.165, 1.54) is 38.6 Å². The zero-order valence-electron chi connectivity index (χ0n) is 10.6. The standard InChI is InChI=1S/C13H26N2/c1-12(2)5-7-13(8-6-12)11(10-14)4-9-15(13)3/h11H,4-10,14H2,1-3H3. The molecule has 2 fully saturated rings. The van der Waals surface area contributed by atoms with E-state index in [-0.39, 0.29) is 0 Å². The van der Waals surface area contributed by atoms with E-state index in [0.29, 0.717) is 11.0 Å². The number of hydrogen-bond donors (Lipinski definition) is 1. The second-order valence-electron chi connectivity index (χ2n) is 6.41. The summed E-state index contributed by atoms with van der Waals surface area (Å²) in [5.74, 6) is 0.749. The van der Waals surface area contributed by atoms with Gasteiger partial charge in [0.15, 0.2) is 0 Å². The smallest absolute Gasteiger partial charge is 0.0247 e. The Balaban J connectivity index is 2.12. The Labute approximate surface area is 94.2 Å². The van der Waals surface area contributed by atoms with Gasteiger partial charge in [-0.1, -0.05) is 13.8 Å². The lowest BCUT2D eigenvalue weighted by molar-refractivity contribution is 0.0389. The van der Waals surface area contributed by atoms with E-state index in [0.717, 1.165) is 12.5 Å². The molecule has 0 radical (unpaired) electrons. The highest BCUT2D eigenvalue weighted by Crippen LogP contribution is 2.49. The average Bonchev–Trinajstić information content (AvgIpc) is 2.50. The van der Waals surface area contributed by atoms with E-state index in [2.05, 4.69) is 25.8 Å².